The lowest BCUT2D eigenvalue weighted by Gasteiger charge is -2.11. The Hall–Kier alpha value is -1.12. The first-order chi connectivity index (χ1) is 8.65. The standard InChI is InChI=1S/C11H18N2O4S2/c1-3-9-4-5-10(12)8-11(9)19(16,17)13-6-7-18(2,14)15/h4-5,8,13H,3,6-7,12H2,1-2H3. The quantitative estimate of drug-likeness (QED) is 0.728. The zero-order valence-corrected chi connectivity index (χ0v) is 12.5. The molecule has 0 spiro atoms. The topological polar surface area (TPSA) is 106 Å². The Morgan fingerprint density at radius 2 is 1.84 bits per heavy atom. The second-order valence-electron chi connectivity index (χ2n) is 4.25. The number of nitrogen functional groups attached to an aromatic ring is 1. The lowest BCUT2D eigenvalue weighted by molar-refractivity contribution is 0.581. The molecule has 6 nitrogen and oxygen atoms in total. The van der Waals surface area contributed by atoms with Crippen LogP contribution in [0.4, 0.5) is 5.69 Å². The van der Waals surface area contributed by atoms with Crippen molar-refractivity contribution in [3.8, 4) is 0 Å². The van der Waals surface area contributed by atoms with Crippen LogP contribution in [-0.2, 0) is 26.3 Å². The molecule has 3 N–H and O–H groups in total. The van der Waals surface area contributed by atoms with Gasteiger partial charge in [0.2, 0.25) is 10.0 Å². The Bertz CT molecular complexity index is 651. The van der Waals surface area contributed by atoms with Crippen LogP contribution in [0.15, 0.2) is 23.1 Å². The molecule has 1 aromatic carbocycles. The monoisotopic (exact) mass is 306 g/mol. The molecule has 1 rings (SSSR count). The van der Waals surface area contributed by atoms with E-state index in [1.165, 1.54) is 6.07 Å². The summed E-state index contributed by atoms with van der Waals surface area (Å²) in [5.41, 5.74) is 6.58. The molecule has 0 aliphatic heterocycles. The van der Waals surface area contributed by atoms with Crippen molar-refractivity contribution in [2.24, 2.45) is 0 Å². The second kappa shape index (κ2) is 5.89. The zero-order chi connectivity index (χ0) is 14.7. The number of sulfonamides is 1. The Morgan fingerprint density at radius 1 is 1.21 bits per heavy atom. The first-order valence-corrected chi connectivity index (χ1v) is 9.26. The van der Waals surface area contributed by atoms with Gasteiger partial charge in [0.25, 0.3) is 0 Å². The lowest BCUT2D eigenvalue weighted by atomic mass is 10.1. The van der Waals surface area contributed by atoms with Crippen LogP contribution in [0.1, 0.15) is 12.5 Å². The summed E-state index contributed by atoms with van der Waals surface area (Å²) in [5, 5.41) is 0. The van der Waals surface area contributed by atoms with E-state index in [9.17, 15) is 16.8 Å². The number of rotatable bonds is 6. The van der Waals surface area contributed by atoms with Crippen molar-refractivity contribution in [2.45, 2.75) is 18.2 Å². The fourth-order valence-corrected chi connectivity index (χ4v) is 3.53. The molecule has 0 unspecified atom stereocenters. The first-order valence-electron chi connectivity index (χ1n) is 5.71. The molecule has 0 fully saturated rings. The van der Waals surface area contributed by atoms with Crippen LogP contribution in [0.25, 0.3) is 0 Å². The van der Waals surface area contributed by atoms with Crippen LogP contribution in [0.5, 0.6) is 0 Å². The maximum absolute atomic E-state index is 12.1. The largest absolute Gasteiger partial charge is 0.399 e. The van der Waals surface area contributed by atoms with E-state index in [1.807, 2.05) is 6.92 Å². The molecular weight excluding hydrogens is 288 g/mol. The zero-order valence-electron chi connectivity index (χ0n) is 10.9. The highest BCUT2D eigenvalue weighted by Gasteiger charge is 2.18. The average molecular weight is 306 g/mol. The van der Waals surface area contributed by atoms with Crippen molar-refractivity contribution in [1.82, 2.24) is 4.72 Å². The third-order valence-electron chi connectivity index (χ3n) is 2.53. The highest BCUT2D eigenvalue weighted by Crippen LogP contribution is 2.19. The van der Waals surface area contributed by atoms with Gasteiger partial charge in [-0.1, -0.05) is 13.0 Å². The lowest BCUT2D eigenvalue weighted by Crippen LogP contribution is -2.29. The minimum absolute atomic E-state index is 0.100. The van der Waals surface area contributed by atoms with Gasteiger partial charge in [-0.05, 0) is 24.1 Å². The van der Waals surface area contributed by atoms with Gasteiger partial charge in [-0.3, -0.25) is 0 Å². The molecule has 0 amide bonds. The Kier molecular flexibility index (Phi) is 4.94. The third-order valence-corrected chi connectivity index (χ3v) is 5.02. The van der Waals surface area contributed by atoms with Crippen molar-refractivity contribution >= 4 is 25.5 Å². The van der Waals surface area contributed by atoms with Gasteiger partial charge in [-0.2, -0.15) is 0 Å². The van der Waals surface area contributed by atoms with E-state index < -0.39 is 19.9 Å². The third kappa shape index (κ3) is 4.81. The van der Waals surface area contributed by atoms with Crippen molar-refractivity contribution in [3.05, 3.63) is 23.8 Å². The van der Waals surface area contributed by atoms with Crippen molar-refractivity contribution in [3.63, 3.8) is 0 Å². The molecule has 0 saturated carbocycles. The summed E-state index contributed by atoms with van der Waals surface area (Å²) < 4.78 is 48.4. The molecule has 0 radical (unpaired) electrons. The molecule has 0 aliphatic rings. The van der Waals surface area contributed by atoms with Gasteiger partial charge in [-0.25, -0.2) is 21.6 Å². The SMILES string of the molecule is CCc1ccc(N)cc1S(=O)(=O)NCCS(C)(=O)=O. The van der Waals surface area contributed by atoms with Gasteiger partial charge >= 0.3 is 0 Å². The Labute approximate surface area is 114 Å². The molecule has 0 aromatic heterocycles. The number of nitrogens with two attached hydrogens (primary N) is 1. The van der Waals surface area contributed by atoms with E-state index in [0.717, 1.165) is 6.26 Å². The van der Waals surface area contributed by atoms with Gasteiger partial charge in [0.1, 0.15) is 9.84 Å². The number of aryl methyl sites for hydroxylation is 1. The van der Waals surface area contributed by atoms with Gasteiger partial charge < -0.3 is 5.73 Å². The molecule has 0 heterocycles. The number of hydrogen-bond donors (Lipinski definition) is 2. The predicted molar refractivity (Wildman–Crippen MR) is 75.1 cm³/mol. The van der Waals surface area contributed by atoms with Crippen LogP contribution < -0.4 is 10.5 Å². The first kappa shape index (κ1) is 15.9. The van der Waals surface area contributed by atoms with Crippen LogP contribution in [-0.4, -0.2) is 35.4 Å². The summed E-state index contributed by atoms with van der Waals surface area (Å²) in [6.45, 7) is 1.68. The highest BCUT2D eigenvalue weighted by atomic mass is 32.2. The van der Waals surface area contributed by atoms with Gasteiger partial charge in [0.15, 0.2) is 0 Å². The number of anilines is 1. The summed E-state index contributed by atoms with van der Waals surface area (Å²) in [6.07, 6.45) is 1.60. The second-order valence-corrected chi connectivity index (χ2v) is 8.24. The molecule has 1 aromatic rings. The Morgan fingerprint density at radius 3 is 2.37 bits per heavy atom. The molecule has 0 aliphatic carbocycles. The highest BCUT2D eigenvalue weighted by molar-refractivity contribution is 7.91. The van der Waals surface area contributed by atoms with Crippen molar-refractivity contribution in [2.75, 3.05) is 24.3 Å². The van der Waals surface area contributed by atoms with E-state index >= 15 is 0 Å². The van der Waals surface area contributed by atoms with Crippen LogP contribution in [0.2, 0.25) is 0 Å². The summed E-state index contributed by atoms with van der Waals surface area (Å²) in [4.78, 5) is 0.100. The van der Waals surface area contributed by atoms with Crippen LogP contribution in [0, 0.1) is 0 Å². The smallest absolute Gasteiger partial charge is 0.240 e. The predicted octanol–water partition coefficient (Wildman–Crippen LogP) is 0.154. The summed E-state index contributed by atoms with van der Waals surface area (Å²) >= 11 is 0. The molecular formula is C11H18N2O4S2. The van der Waals surface area contributed by atoms with Gasteiger partial charge in [0.05, 0.1) is 10.6 Å². The van der Waals surface area contributed by atoms with Gasteiger partial charge in [0, 0.05) is 18.5 Å². The Balaban J connectivity index is 2.97. The summed E-state index contributed by atoms with van der Waals surface area (Å²) in [7, 11) is -6.95. The fourth-order valence-electron chi connectivity index (χ4n) is 1.55. The van der Waals surface area contributed by atoms with Crippen molar-refractivity contribution < 1.29 is 16.8 Å². The van der Waals surface area contributed by atoms with E-state index in [0.29, 0.717) is 17.7 Å². The fraction of sp³-hybridized carbons (Fsp3) is 0.455. The van der Waals surface area contributed by atoms with E-state index in [1.54, 1.807) is 12.1 Å². The van der Waals surface area contributed by atoms with Crippen LogP contribution in [0.3, 0.4) is 0 Å². The molecule has 8 heteroatoms. The maximum Gasteiger partial charge on any atom is 0.240 e. The minimum atomic E-state index is -3.74. The summed E-state index contributed by atoms with van der Waals surface area (Å²) in [6, 6.07) is 4.66. The molecule has 0 atom stereocenters. The number of nitrogens with one attached hydrogen (secondary N) is 1. The maximum atomic E-state index is 12.1. The molecule has 0 bridgehead atoms. The molecule has 0 saturated heterocycles. The van der Waals surface area contributed by atoms with Crippen molar-refractivity contribution in [1.29, 1.82) is 0 Å². The normalized spacial score (nSPS) is 12.5. The minimum Gasteiger partial charge on any atom is -0.399 e. The number of benzene rings is 1. The number of sulfone groups is 1. The summed E-state index contributed by atoms with van der Waals surface area (Å²) in [5.74, 6) is -0.240. The van der Waals surface area contributed by atoms with Crippen LogP contribution >= 0.6 is 0 Å². The van der Waals surface area contributed by atoms with E-state index in [4.69, 9.17) is 5.73 Å². The van der Waals surface area contributed by atoms with E-state index in [-0.39, 0.29) is 17.2 Å². The van der Waals surface area contributed by atoms with E-state index in [2.05, 4.69) is 4.72 Å². The molecule has 108 valence electrons. The molecule has 19 heavy (non-hydrogen) atoms. The average Bonchev–Trinajstić information content (AvgIpc) is 2.27. The number of hydrogen-bond acceptors (Lipinski definition) is 5. The van der Waals surface area contributed by atoms with Gasteiger partial charge in [-0.15, -0.1) is 0 Å².